The number of nitrogens with zero attached hydrogens (tertiary/aromatic N) is 2. The number of nitriles is 1. The molecule has 0 spiro atoms. The number of halogens is 1. The van der Waals surface area contributed by atoms with Gasteiger partial charge in [-0.1, -0.05) is 11.6 Å². The highest BCUT2D eigenvalue weighted by atomic mass is 35.5. The maximum absolute atomic E-state index is 9.20. The Balaban J connectivity index is 2.37. The average molecular weight is 225 g/mol. The summed E-state index contributed by atoms with van der Waals surface area (Å²) in [6.45, 7) is 0. The van der Waals surface area contributed by atoms with E-state index in [1.165, 1.54) is 0 Å². The van der Waals surface area contributed by atoms with Gasteiger partial charge >= 0.3 is 0 Å². The van der Waals surface area contributed by atoms with E-state index in [4.69, 9.17) is 11.6 Å². The standard InChI is InChI=1S/C10H9ClN2S/c11-8-2-3-9(13-6-8)10(7-12)4-1-5-14-10/h2-3,6H,1,4-5H2. The zero-order chi connectivity index (χ0) is 10.0. The molecule has 1 unspecified atom stereocenters. The molecule has 4 heteroatoms. The lowest BCUT2D eigenvalue weighted by Crippen LogP contribution is -2.16. The summed E-state index contributed by atoms with van der Waals surface area (Å²) in [5.74, 6) is 1.04. The number of rotatable bonds is 1. The van der Waals surface area contributed by atoms with Crippen LogP contribution in [0.25, 0.3) is 0 Å². The van der Waals surface area contributed by atoms with Crippen molar-refractivity contribution in [1.29, 1.82) is 5.26 Å². The van der Waals surface area contributed by atoms with Crippen molar-refractivity contribution in [2.75, 3.05) is 5.75 Å². The number of aromatic nitrogens is 1. The van der Waals surface area contributed by atoms with Crippen LogP contribution in [0.5, 0.6) is 0 Å². The van der Waals surface area contributed by atoms with Crippen LogP contribution in [0.4, 0.5) is 0 Å². The van der Waals surface area contributed by atoms with Gasteiger partial charge < -0.3 is 0 Å². The van der Waals surface area contributed by atoms with Crippen molar-refractivity contribution < 1.29 is 0 Å². The molecule has 0 N–H and O–H groups in total. The molecule has 0 saturated carbocycles. The highest BCUT2D eigenvalue weighted by Crippen LogP contribution is 2.45. The first-order valence-corrected chi connectivity index (χ1v) is 5.80. The Morgan fingerprint density at radius 3 is 2.93 bits per heavy atom. The minimum atomic E-state index is -0.426. The van der Waals surface area contributed by atoms with Gasteiger partial charge in [0, 0.05) is 6.20 Å². The molecule has 1 aromatic rings. The third-order valence-corrected chi connectivity index (χ3v) is 4.06. The average Bonchev–Trinajstić information content (AvgIpc) is 2.68. The van der Waals surface area contributed by atoms with Gasteiger partial charge in [0.15, 0.2) is 0 Å². The molecule has 2 heterocycles. The molecule has 1 saturated heterocycles. The summed E-state index contributed by atoms with van der Waals surface area (Å²) in [6, 6.07) is 6.02. The largest absolute Gasteiger partial charge is 0.257 e. The van der Waals surface area contributed by atoms with E-state index in [9.17, 15) is 5.26 Å². The molecule has 0 aromatic carbocycles. The van der Waals surface area contributed by atoms with Crippen molar-refractivity contribution in [3.63, 3.8) is 0 Å². The van der Waals surface area contributed by atoms with E-state index in [-0.39, 0.29) is 0 Å². The zero-order valence-electron chi connectivity index (χ0n) is 7.53. The summed E-state index contributed by atoms with van der Waals surface area (Å²) in [4.78, 5) is 4.23. The van der Waals surface area contributed by atoms with Gasteiger partial charge in [0.1, 0.15) is 4.75 Å². The molecule has 1 aliphatic heterocycles. The molecule has 2 nitrogen and oxygen atoms in total. The number of thioether (sulfide) groups is 1. The molecule has 72 valence electrons. The second-order valence-corrected chi connectivity index (χ2v) is 5.08. The molecule has 1 aromatic heterocycles. The summed E-state index contributed by atoms with van der Waals surface area (Å²) in [6.07, 6.45) is 3.58. The summed E-state index contributed by atoms with van der Waals surface area (Å²) < 4.78 is -0.426. The topological polar surface area (TPSA) is 36.7 Å². The molecule has 0 bridgehead atoms. The van der Waals surface area contributed by atoms with Crippen LogP contribution in [-0.4, -0.2) is 10.7 Å². The second-order valence-electron chi connectivity index (χ2n) is 3.25. The molecule has 0 aliphatic carbocycles. The summed E-state index contributed by atoms with van der Waals surface area (Å²) in [5, 5.41) is 9.81. The Hall–Kier alpha value is -0.720. The third kappa shape index (κ3) is 1.60. The predicted molar refractivity (Wildman–Crippen MR) is 58.2 cm³/mol. The van der Waals surface area contributed by atoms with Crippen molar-refractivity contribution in [3.8, 4) is 6.07 Å². The van der Waals surface area contributed by atoms with E-state index in [0.717, 1.165) is 24.3 Å². The lowest BCUT2D eigenvalue weighted by atomic mass is 10.0. The van der Waals surface area contributed by atoms with Crippen LogP contribution >= 0.6 is 23.4 Å². The summed E-state index contributed by atoms with van der Waals surface area (Å²) >= 11 is 7.44. The van der Waals surface area contributed by atoms with Crippen molar-refractivity contribution in [3.05, 3.63) is 29.0 Å². The van der Waals surface area contributed by atoms with Crippen LogP contribution in [0, 0.1) is 11.3 Å². The van der Waals surface area contributed by atoms with Crippen molar-refractivity contribution in [2.24, 2.45) is 0 Å². The molecule has 0 radical (unpaired) electrons. The fourth-order valence-electron chi connectivity index (χ4n) is 1.60. The van der Waals surface area contributed by atoms with Gasteiger partial charge in [0.2, 0.25) is 0 Å². The van der Waals surface area contributed by atoms with E-state index in [0.29, 0.717) is 5.02 Å². The minimum Gasteiger partial charge on any atom is -0.257 e. The normalized spacial score (nSPS) is 26.0. The number of pyridine rings is 1. The van der Waals surface area contributed by atoms with Gasteiger partial charge in [-0.05, 0) is 30.7 Å². The lowest BCUT2D eigenvalue weighted by Gasteiger charge is -2.17. The molecule has 1 aliphatic rings. The monoisotopic (exact) mass is 224 g/mol. The minimum absolute atomic E-state index is 0.426. The highest BCUT2D eigenvalue weighted by molar-refractivity contribution is 8.00. The smallest absolute Gasteiger partial charge is 0.144 e. The van der Waals surface area contributed by atoms with Crippen molar-refractivity contribution in [1.82, 2.24) is 4.98 Å². The molecule has 1 atom stereocenters. The molecular weight excluding hydrogens is 216 g/mol. The van der Waals surface area contributed by atoms with Crippen LogP contribution in [0.3, 0.4) is 0 Å². The first-order valence-electron chi connectivity index (χ1n) is 4.44. The van der Waals surface area contributed by atoms with E-state index in [1.807, 2.05) is 6.07 Å². The van der Waals surface area contributed by atoms with Crippen LogP contribution in [0.1, 0.15) is 18.5 Å². The fraction of sp³-hybridized carbons (Fsp3) is 0.400. The molecule has 0 amide bonds. The van der Waals surface area contributed by atoms with E-state index >= 15 is 0 Å². The first-order chi connectivity index (χ1) is 6.77. The van der Waals surface area contributed by atoms with Crippen LogP contribution in [0.2, 0.25) is 5.02 Å². The number of hydrogen-bond acceptors (Lipinski definition) is 3. The third-order valence-electron chi connectivity index (χ3n) is 2.34. The Morgan fingerprint density at radius 1 is 1.57 bits per heavy atom. The second kappa shape index (κ2) is 3.80. The van der Waals surface area contributed by atoms with Gasteiger partial charge in [-0.2, -0.15) is 5.26 Å². The van der Waals surface area contributed by atoms with Crippen molar-refractivity contribution >= 4 is 23.4 Å². The summed E-state index contributed by atoms with van der Waals surface area (Å²) in [7, 11) is 0. The van der Waals surface area contributed by atoms with Crippen molar-refractivity contribution in [2.45, 2.75) is 17.6 Å². The van der Waals surface area contributed by atoms with E-state index in [2.05, 4.69) is 11.1 Å². The molecular formula is C10H9ClN2S. The maximum atomic E-state index is 9.20. The SMILES string of the molecule is N#CC1(c2ccc(Cl)cn2)CCCS1. The Kier molecular flexibility index (Phi) is 2.66. The van der Waals surface area contributed by atoms with Gasteiger partial charge in [-0.25, -0.2) is 0 Å². The lowest BCUT2D eigenvalue weighted by molar-refractivity contribution is 0.698. The quantitative estimate of drug-likeness (QED) is 0.736. The zero-order valence-corrected chi connectivity index (χ0v) is 9.11. The van der Waals surface area contributed by atoms with E-state index in [1.54, 1.807) is 24.0 Å². The Morgan fingerprint density at radius 2 is 2.43 bits per heavy atom. The first kappa shape index (κ1) is 9.82. The highest BCUT2D eigenvalue weighted by Gasteiger charge is 2.37. The Bertz CT molecular complexity index is 363. The van der Waals surface area contributed by atoms with Crippen LogP contribution in [0.15, 0.2) is 18.3 Å². The molecule has 1 fully saturated rings. The summed E-state index contributed by atoms with van der Waals surface area (Å²) in [5.41, 5.74) is 0.840. The van der Waals surface area contributed by atoms with E-state index < -0.39 is 4.75 Å². The van der Waals surface area contributed by atoms with Gasteiger partial charge in [0.25, 0.3) is 0 Å². The van der Waals surface area contributed by atoms with Crippen LogP contribution in [-0.2, 0) is 4.75 Å². The van der Waals surface area contributed by atoms with Gasteiger partial charge in [0.05, 0.1) is 16.8 Å². The number of hydrogen-bond donors (Lipinski definition) is 0. The Labute approximate surface area is 92.3 Å². The predicted octanol–water partition coefficient (Wildman–Crippen LogP) is 2.98. The fourth-order valence-corrected chi connectivity index (χ4v) is 2.97. The maximum Gasteiger partial charge on any atom is 0.144 e. The van der Waals surface area contributed by atoms with Gasteiger partial charge in [-0.3, -0.25) is 4.98 Å². The van der Waals surface area contributed by atoms with Gasteiger partial charge in [-0.15, -0.1) is 11.8 Å². The molecule has 14 heavy (non-hydrogen) atoms. The van der Waals surface area contributed by atoms with Crippen LogP contribution < -0.4 is 0 Å². The molecule has 2 rings (SSSR count).